The molecule has 0 fully saturated rings. The van der Waals surface area contributed by atoms with Crippen molar-refractivity contribution in [3.05, 3.63) is 0 Å². The van der Waals surface area contributed by atoms with Crippen LogP contribution in [0, 0.1) is 59.2 Å². The largest absolute Gasteiger partial charge is 0.477 e. The van der Waals surface area contributed by atoms with Crippen molar-refractivity contribution >= 4 is 66.2 Å². The molecule has 5 atom stereocenters. The molecule has 9 rings (SSSR count). The molecule has 0 aromatic heterocycles. The van der Waals surface area contributed by atoms with Crippen molar-refractivity contribution in [1.82, 2.24) is 26.7 Å². The maximum Gasteiger partial charge on any atom is 0.228 e. The minimum Gasteiger partial charge on any atom is -0.477 e. The molecule has 5 N–H and O–H groups in total. The Morgan fingerprint density at radius 3 is 1.23 bits per heavy atom. The molecule has 0 spiro atoms. The molecule has 0 saturated heterocycles. The molecule has 594 valence electrons. The predicted molar refractivity (Wildman–Crippen MR) is 440 cm³/mol. The van der Waals surface area contributed by atoms with E-state index in [9.17, 15) is 0 Å². The van der Waals surface area contributed by atoms with Crippen LogP contribution < -0.4 is 26.7 Å². The number of hydroxylamine groups is 1. The zero-order valence-electron chi connectivity index (χ0n) is 71.2. The molecule has 23 heteroatoms. The zero-order valence-corrected chi connectivity index (χ0v) is 72.0. The summed E-state index contributed by atoms with van der Waals surface area (Å²) in [6.45, 7) is 85.4. The molecule has 0 radical (unpaired) electrons. The van der Waals surface area contributed by atoms with E-state index in [2.05, 4.69) is 183 Å². The van der Waals surface area contributed by atoms with Crippen molar-refractivity contribution in [2.45, 2.75) is 293 Å². The molecule has 22 nitrogen and oxygen atoms in total. The van der Waals surface area contributed by atoms with Gasteiger partial charge in [0.05, 0.1) is 38.0 Å². The number of amidine groups is 2. The van der Waals surface area contributed by atoms with Gasteiger partial charge in [-0.3, -0.25) is 35.3 Å². The van der Waals surface area contributed by atoms with Crippen LogP contribution >= 0.6 is 11.8 Å². The van der Waals surface area contributed by atoms with Crippen molar-refractivity contribution in [3.63, 3.8) is 0 Å². The van der Waals surface area contributed by atoms with E-state index in [1.54, 1.807) is 18.1 Å². The molecule has 0 bridgehead atoms. The van der Waals surface area contributed by atoms with Gasteiger partial charge in [0.25, 0.3) is 0 Å². The predicted octanol–water partition coefficient (Wildman–Crippen LogP) is 18.5. The van der Waals surface area contributed by atoms with E-state index in [0.29, 0.717) is 86.5 Å². The second kappa shape index (κ2) is 89.0. The lowest BCUT2D eigenvalue weighted by atomic mass is 9.95. The summed E-state index contributed by atoms with van der Waals surface area (Å²) in [7, 11) is 0. The first-order valence-electron chi connectivity index (χ1n) is 38.9. The van der Waals surface area contributed by atoms with Crippen molar-refractivity contribution in [2.75, 3.05) is 91.2 Å². The lowest BCUT2D eigenvalue weighted by Gasteiger charge is -2.22. The van der Waals surface area contributed by atoms with Gasteiger partial charge in [0.1, 0.15) is 36.8 Å². The highest BCUT2D eigenvalue weighted by Crippen LogP contribution is 2.17. The molecule has 9 heterocycles. The second-order valence-corrected chi connectivity index (χ2v) is 24.2. The third-order valence-corrected chi connectivity index (χ3v) is 14.0. The Hall–Kier alpha value is -5.06. The summed E-state index contributed by atoms with van der Waals surface area (Å²) >= 11 is 1.80. The van der Waals surface area contributed by atoms with Crippen LogP contribution in [-0.2, 0) is 38.4 Å². The van der Waals surface area contributed by atoms with Gasteiger partial charge < -0.3 is 54.8 Å². The average molecular weight is 1440 g/mol. The van der Waals surface area contributed by atoms with Crippen LogP contribution in [0.25, 0.3) is 0 Å². The fourth-order valence-electron chi connectivity index (χ4n) is 7.08. The molecular formula is C76H166N14O8S. The Kier molecular flexibility index (Phi) is 101. The van der Waals surface area contributed by atoms with Gasteiger partial charge in [-0.25, -0.2) is 0 Å². The van der Waals surface area contributed by atoms with E-state index < -0.39 is 0 Å². The molecule has 0 aliphatic carbocycles. The summed E-state index contributed by atoms with van der Waals surface area (Å²) in [6.07, 6.45) is 12.0. The van der Waals surface area contributed by atoms with E-state index in [0.717, 1.165) is 92.7 Å². The number of hydrogen-bond acceptors (Lipinski definition) is 23. The van der Waals surface area contributed by atoms with Crippen molar-refractivity contribution in [3.8, 4) is 0 Å². The molecule has 99 heavy (non-hydrogen) atoms. The van der Waals surface area contributed by atoms with Crippen molar-refractivity contribution < 1.29 is 38.4 Å². The minimum atomic E-state index is 0.134. The van der Waals surface area contributed by atoms with Gasteiger partial charge in [-0.05, 0) is 54.8 Å². The van der Waals surface area contributed by atoms with Crippen LogP contribution in [0.5, 0.6) is 0 Å². The monoisotopic (exact) mass is 1440 g/mol. The van der Waals surface area contributed by atoms with Crippen LogP contribution in [0.2, 0.25) is 0 Å². The molecule has 0 saturated carbocycles. The van der Waals surface area contributed by atoms with Gasteiger partial charge >= 0.3 is 0 Å². The summed E-state index contributed by atoms with van der Waals surface area (Å²) in [6, 6.07) is 1.31. The fourth-order valence-corrected chi connectivity index (χ4v) is 7.89. The SMILES string of the molecule is CC.CC.CC.CC.CC.CC.CC.CC.CC.CC(C)C1=NCCCN1.CC(C)C1=NCCON1.CC(C)C1=NOCCO1.CC(C)C1=NOCCS1.CC(C)C1CCN=CN1.CC(C)C1CCN=CN1.CC(C)C1CN=CNC1.CC(C)C1COC=NO1.CC(C)C1CON=CO1. The number of nitrogens with zero attached hydrogens (tertiary/aromatic N) is 9. The number of oxime groups is 4. The highest BCUT2D eigenvalue weighted by molar-refractivity contribution is 8.14. The van der Waals surface area contributed by atoms with E-state index in [1.165, 1.54) is 37.9 Å². The molecule has 0 aromatic rings. The molecule has 5 unspecified atom stereocenters. The third kappa shape index (κ3) is 72.5. The Labute approximate surface area is 617 Å². The maximum atomic E-state index is 5.16. The van der Waals surface area contributed by atoms with Crippen molar-refractivity contribution in [2.24, 2.45) is 105 Å². The minimum absolute atomic E-state index is 0.134. The van der Waals surface area contributed by atoms with E-state index >= 15 is 0 Å². The van der Waals surface area contributed by atoms with Gasteiger partial charge in [-0.15, -0.1) is 11.8 Å². The van der Waals surface area contributed by atoms with Gasteiger partial charge in [0, 0.05) is 80.8 Å². The first kappa shape index (κ1) is 112. The zero-order chi connectivity index (χ0) is 78.2. The van der Waals surface area contributed by atoms with Crippen LogP contribution in [0.4, 0.5) is 0 Å². The van der Waals surface area contributed by atoms with Gasteiger partial charge in [-0.1, -0.05) is 270 Å². The third-order valence-electron chi connectivity index (χ3n) is 12.8. The number of thioether (sulfide) groups is 1. The number of rotatable bonds is 9. The van der Waals surface area contributed by atoms with Gasteiger partial charge in [-0.2, -0.15) is 0 Å². The Morgan fingerprint density at radius 2 is 0.990 bits per heavy atom. The molecule has 9 aliphatic rings. The summed E-state index contributed by atoms with van der Waals surface area (Å²) in [5.41, 5.74) is 2.77. The fraction of sp³-hybridized carbons (Fsp3) is 0.882. The first-order valence-corrected chi connectivity index (χ1v) is 39.9. The first-order chi connectivity index (χ1) is 47.7. The summed E-state index contributed by atoms with van der Waals surface area (Å²) in [5.74, 6) is 9.73. The lowest BCUT2D eigenvalue weighted by Crippen LogP contribution is -2.36. The molecule has 0 aromatic carbocycles. The standard InChI is InChI=1S/4C7H14N2.C6H12N2O.3C6H11NO2.C6H11NOS.9C2H6/c1-6(2)7-3-8-5-9-4-7;2*1-6(2)7-3-4-8-5-9-7;1-6(2)7-8-4-3-5-9-7;1-5(2)6-7-3-4-9-8-6;1-5(2)6-3-9-7-4-8-6;1-5(2)6-3-8-4-7-9-6;1-5(2)6-7-9-4-3-8-6;1-5(2)6-7-8-3-4-9-6;9*1-2/h3*5-7H,3-4H2,1-2H3,(H,8,9);6H,3-5H2,1-2H3,(H,8,9);5H,3-4H2,1-2H3,(H,7,8);2*4-6H,3H2,1-2H3;2*5H,3-4H2,1-2H3;9*1-2H3. The lowest BCUT2D eigenvalue weighted by molar-refractivity contribution is -0.0306. The molecular weight excluding hydrogens is 1270 g/mol. The molecule has 0 amide bonds. The van der Waals surface area contributed by atoms with E-state index in [-0.39, 0.29) is 12.2 Å². The van der Waals surface area contributed by atoms with E-state index in [4.69, 9.17) is 38.4 Å². The summed E-state index contributed by atoms with van der Waals surface area (Å²) in [5, 5.41) is 28.6. The smallest absolute Gasteiger partial charge is 0.228 e. The second-order valence-electron chi connectivity index (χ2n) is 23.1. The van der Waals surface area contributed by atoms with Gasteiger partial charge in [0.2, 0.25) is 18.7 Å². The number of hydrogen-bond donors (Lipinski definition) is 5. The van der Waals surface area contributed by atoms with Crippen LogP contribution in [0.3, 0.4) is 0 Å². The average Bonchev–Trinajstić information content (AvgIpc) is 3.85. The number of ether oxygens (including phenoxy) is 3. The van der Waals surface area contributed by atoms with Crippen LogP contribution in [0.1, 0.15) is 269 Å². The topological polar surface area (TPSA) is 245 Å². The van der Waals surface area contributed by atoms with Crippen LogP contribution in [0.15, 0.2) is 45.6 Å². The molecule has 9 aliphatic heterocycles. The highest BCUT2D eigenvalue weighted by atomic mass is 32.2. The number of nitrogens with one attached hydrogen (secondary N) is 5. The Morgan fingerprint density at radius 1 is 0.465 bits per heavy atom. The van der Waals surface area contributed by atoms with Gasteiger partial charge in [0.15, 0.2) is 19.3 Å². The number of aliphatic imine (C=N–C) groups is 5. The summed E-state index contributed by atoms with van der Waals surface area (Å²) < 4.78 is 15.2. The quantitative estimate of drug-likeness (QED) is 0.144. The Bertz CT molecular complexity index is 1590. The summed E-state index contributed by atoms with van der Waals surface area (Å²) in [4.78, 5) is 45.3. The maximum absolute atomic E-state index is 5.16. The normalized spacial score (nSPS) is 19.3. The van der Waals surface area contributed by atoms with Crippen LogP contribution in [-0.4, -0.2) is 170 Å². The Balaban J connectivity index is -0.000000128. The van der Waals surface area contributed by atoms with Crippen molar-refractivity contribution in [1.29, 1.82) is 0 Å². The highest BCUT2D eigenvalue weighted by Gasteiger charge is 2.19. The van der Waals surface area contributed by atoms with E-state index in [1.807, 2.05) is 151 Å².